The molecule has 1 aliphatic rings. The highest BCUT2D eigenvalue weighted by molar-refractivity contribution is 6.00. The van der Waals surface area contributed by atoms with E-state index in [1.807, 2.05) is 60.9 Å². The van der Waals surface area contributed by atoms with E-state index in [0.29, 0.717) is 24.5 Å². The summed E-state index contributed by atoms with van der Waals surface area (Å²) in [7, 11) is 1.59. The number of methoxy groups -OCH3 is 1. The largest absolute Gasteiger partial charge is 0.497 e. The number of aryl methyl sites for hydroxylation is 1. The summed E-state index contributed by atoms with van der Waals surface area (Å²) >= 11 is 0. The summed E-state index contributed by atoms with van der Waals surface area (Å²) in [6.45, 7) is 4.46. The number of fused-ring (bicyclic) bond motifs is 1. The second-order valence-corrected chi connectivity index (χ2v) is 8.03. The van der Waals surface area contributed by atoms with Crippen molar-refractivity contribution in [2.24, 2.45) is 0 Å². The third-order valence-corrected chi connectivity index (χ3v) is 5.70. The lowest BCUT2D eigenvalue weighted by Crippen LogP contribution is -2.33. The Morgan fingerprint density at radius 3 is 2.56 bits per heavy atom. The number of ketones is 1. The van der Waals surface area contributed by atoms with Crippen molar-refractivity contribution in [1.29, 1.82) is 0 Å². The number of carbonyl (C=O) groups excluding carboxylic acids is 2. The average molecular weight is 462 g/mol. The zero-order valence-electron chi connectivity index (χ0n) is 19.4. The third-order valence-electron chi connectivity index (χ3n) is 5.70. The van der Waals surface area contributed by atoms with Gasteiger partial charge in [-0.15, -0.1) is 0 Å². The van der Waals surface area contributed by atoms with Gasteiger partial charge in [-0.05, 0) is 55.8 Å². The van der Waals surface area contributed by atoms with Crippen LogP contribution in [0.2, 0.25) is 0 Å². The predicted octanol–water partition coefficient (Wildman–Crippen LogP) is 4.39. The molecule has 1 aliphatic heterocycles. The number of rotatable bonds is 8. The number of para-hydroxylation sites is 2. The number of nitrogens with zero attached hydrogens (tertiary/aromatic N) is 1. The van der Waals surface area contributed by atoms with E-state index in [9.17, 15) is 9.59 Å². The number of Topliss-reactive ketones (excluding diaryl/α,β-unsaturated/α-hetero) is 1. The molecule has 1 unspecified atom stereocenters. The second-order valence-electron chi connectivity index (χ2n) is 8.03. The summed E-state index contributed by atoms with van der Waals surface area (Å²) < 4.78 is 24.2. The molecule has 2 aromatic carbocycles. The topological polar surface area (TPSA) is 76.0 Å². The Morgan fingerprint density at radius 1 is 1.09 bits per heavy atom. The van der Waals surface area contributed by atoms with E-state index in [0.717, 1.165) is 28.5 Å². The molecule has 176 valence electrons. The quantitative estimate of drug-likeness (QED) is 0.281. The molecule has 3 aromatic rings. The van der Waals surface area contributed by atoms with Crippen LogP contribution in [-0.4, -0.2) is 42.7 Å². The third kappa shape index (κ3) is 5.31. The molecule has 4 rings (SSSR count). The minimum Gasteiger partial charge on any atom is -0.497 e. The highest BCUT2D eigenvalue weighted by Crippen LogP contribution is 2.31. The van der Waals surface area contributed by atoms with Gasteiger partial charge in [-0.3, -0.25) is 4.79 Å². The standard InChI is InChI=1S/C27H27NO6/c1-18-14-23(19(2)28(18)15-22-16-32-25-6-4-5-7-26(25)34-22)24(29)17-33-27(30)13-10-20-8-11-21(31-3)12-9-20/h4-14,22H,15-17H2,1-3H3. The van der Waals surface area contributed by atoms with Crippen LogP contribution in [0, 0.1) is 13.8 Å². The van der Waals surface area contributed by atoms with Crippen molar-refractivity contribution in [3.05, 3.63) is 83.2 Å². The number of ether oxygens (including phenoxy) is 4. The van der Waals surface area contributed by atoms with E-state index in [1.165, 1.54) is 6.08 Å². The maximum atomic E-state index is 12.8. The van der Waals surface area contributed by atoms with Gasteiger partial charge in [0.1, 0.15) is 12.4 Å². The number of esters is 1. The van der Waals surface area contributed by atoms with Crippen molar-refractivity contribution in [2.75, 3.05) is 20.3 Å². The zero-order chi connectivity index (χ0) is 24.1. The Morgan fingerprint density at radius 2 is 1.82 bits per heavy atom. The van der Waals surface area contributed by atoms with Crippen LogP contribution in [0.15, 0.2) is 60.7 Å². The fraction of sp³-hybridized carbons (Fsp3) is 0.259. The number of aromatic nitrogens is 1. The number of hydrogen-bond donors (Lipinski definition) is 0. The second kappa shape index (κ2) is 10.3. The number of hydrogen-bond acceptors (Lipinski definition) is 6. The lowest BCUT2D eigenvalue weighted by Gasteiger charge is -2.27. The Bertz CT molecular complexity index is 1210. The van der Waals surface area contributed by atoms with Gasteiger partial charge < -0.3 is 23.5 Å². The van der Waals surface area contributed by atoms with Crippen LogP contribution in [-0.2, 0) is 16.1 Å². The number of benzene rings is 2. The molecule has 7 heteroatoms. The summed E-state index contributed by atoms with van der Waals surface area (Å²) in [6, 6.07) is 16.6. The van der Waals surface area contributed by atoms with Gasteiger partial charge in [0, 0.05) is 23.0 Å². The summed E-state index contributed by atoms with van der Waals surface area (Å²) in [4.78, 5) is 24.8. The molecule has 0 radical (unpaired) electrons. The molecule has 0 saturated heterocycles. The van der Waals surface area contributed by atoms with E-state index < -0.39 is 5.97 Å². The summed E-state index contributed by atoms with van der Waals surface area (Å²) in [5, 5.41) is 0. The van der Waals surface area contributed by atoms with E-state index in [1.54, 1.807) is 25.3 Å². The molecule has 2 heterocycles. The monoisotopic (exact) mass is 461 g/mol. The SMILES string of the molecule is COc1ccc(C=CC(=O)OCC(=O)c2cc(C)n(CC3COc4ccccc4O3)c2C)cc1. The van der Waals surface area contributed by atoms with Gasteiger partial charge in [-0.1, -0.05) is 24.3 Å². The molecule has 0 spiro atoms. The van der Waals surface area contributed by atoms with Crippen LogP contribution in [0.25, 0.3) is 6.08 Å². The molecule has 0 saturated carbocycles. The first-order valence-electron chi connectivity index (χ1n) is 11.0. The van der Waals surface area contributed by atoms with Gasteiger partial charge in [0.2, 0.25) is 5.78 Å². The number of carbonyl (C=O) groups is 2. The smallest absolute Gasteiger partial charge is 0.331 e. The van der Waals surface area contributed by atoms with Gasteiger partial charge in [-0.25, -0.2) is 4.79 Å². The first-order valence-corrected chi connectivity index (χ1v) is 11.0. The highest BCUT2D eigenvalue weighted by Gasteiger charge is 2.24. The van der Waals surface area contributed by atoms with Crippen molar-refractivity contribution in [1.82, 2.24) is 4.57 Å². The van der Waals surface area contributed by atoms with Gasteiger partial charge in [-0.2, -0.15) is 0 Å². The fourth-order valence-electron chi connectivity index (χ4n) is 3.86. The molecule has 0 bridgehead atoms. The molecule has 0 amide bonds. The van der Waals surface area contributed by atoms with Crippen molar-refractivity contribution < 1.29 is 28.5 Å². The van der Waals surface area contributed by atoms with Gasteiger partial charge >= 0.3 is 5.97 Å². The van der Waals surface area contributed by atoms with E-state index >= 15 is 0 Å². The maximum Gasteiger partial charge on any atom is 0.331 e. The Balaban J connectivity index is 1.34. The minimum absolute atomic E-state index is 0.177. The van der Waals surface area contributed by atoms with Gasteiger partial charge in [0.05, 0.1) is 13.7 Å². The lowest BCUT2D eigenvalue weighted by molar-refractivity contribution is -0.136. The van der Waals surface area contributed by atoms with Gasteiger partial charge in [0.25, 0.3) is 0 Å². The van der Waals surface area contributed by atoms with E-state index in [2.05, 4.69) is 0 Å². The average Bonchev–Trinajstić information content (AvgIpc) is 3.14. The first-order chi connectivity index (χ1) is 16.4. The molecule has 7 nitrogen and oxygen atoms in total. The van der Waals surface area contributed by atoms with E-state index in [4.69, 9.17) is 18.9 Å². The molecule has 0 aliphatic carbocycles. The van der Waals surface area contributed by atoms with E-state index in [-0.39, 0.29) is 18.5 Å². The Labute approximate surface area is 198 Å². The molecule has 0 fully saturated rings. The Kier molecular flexibility index (Phi) is 7.01. The van der Waals surface area contributed by atoms with Crippen LogP contribution in [0.3, 0.4) is 0 Å². The van der Waals surface area contributed by atoms with Crippen molar-refractivity contribution in [3.63, 3.8) is 0 Å². The van der Waals surface area contributed by atoms with Gasteiger partial charge in [0.15, 0.2) is 24.2 Å². The van der Waals surface area contributed by atoms with Crippen LogP contribution in [0.1, 0.15) is 27.3 Å². The van der Waals surface area contributed by atoms with Crippen LogP contribution in [0.4, 0.5) is 0 Å². The predicted molar refractivity (Wildman–Crippen MR) is 128 cm³/mol. The highest BCUT2D eigenvalue weighted by atomic mass is 16.6. The summed E-state index contributed by atoms with van der Waals surface area (Å²) in [5.74, 6) is 1.35. The molecular formula is C27H27NO6. The lowest BCUT2D eigenvalue weighted by atomic mass is 10.1. The van der Waals surface area contributed by atoms with Crippen molar-refractivity contribution in [2.45, 2.75) is 26.5 Å². The molecule has 0 N–H and O–H groups in total. The maximum absolute atomic E-state index is 12.8. The molecule has 1 atom stereocenters. The Hall–Kier alpha value is -4.00. The summed E-state index contributed by atoms with van der Waals surface area (Å²) in [5.41, 5.74) is 3.08. The van der Waals surface area contributed by atoms with Crippen molar-refractivity contribution >= 4 is 17.8 Å². The van der Waals surface area contributed by atoms with Crippen LogP contribution in [0.5, 0.6) is 17.2 Å². The van der Waals surface area contributed by atoms with Crippen LogP contribution < -0.4 is 14.2 Å². The minimum atomic E-state index is -0.579. The van der Waals surface area contributed by atoms with Crippen LogP contribution >= 0.6 is 0 Å². The fourth-order valence-corrected chi connectivity index (χ4v) is 3.86. The summed E-state index contributed by atoms with van der Waals surface area (Å²) in [6.07, 6.45) is 2.75. The molecular weight excluding hydrogens is 434 g/mol. The normalized spacial score (nSPS) is 14.7. The molecule has 34 heavy (non-hydrogen) atoms. The first kappa shape index (κ1) is 23.2. The zero-order valence-corrected chi connectivity index (χ0v) is 19.4. The molecule has 1 aromatic heterocycles. The van der Waals surface area contributed by atoms with Crippen molar-refractivity contribution in [3.8, 4) is 17.2 Å².